The molecule has 5 atom stereocenters. The van der Waals surface area contributed by atoms with Crippen LogP contribution in [0.15, 0.2) is 42.9 Å². The first-order valence-electron chi connectivity index (χ1n) is 12.3. The maximum atomic E-state index is 7.27. The fraction of sp³-hybridized carbons (Fsp3) is 0.407. The standard InChI is InChI=1S/C27H27N7O2/c1-26(2)35-21-20(34-9-7-16-23(28)31-13-32-25(16)34)17-12-27(17,22(21)36-26)8-6-14-4-5-15-11-19(30-3)24(29)33-18(15)10-14/h4-5,7,9-11,13,17,20-22H,6,8,12H2,1-2H3,(H2,29,33)(H2,28,31,32)/t17-,20-,21+,22+,27?/m1/s1. The van der Waals surface area contributed by atoms with Gasteiger partial charge >= 0.3 is 0 Å². The fourth-order valence-corrected chi connectivity index (χ4v) is 6.70. The summed E-state index contributed by atoms with van der Waals surface area (Å²) in [5.74, 6) is 0.578. The largest absolute Gasteiger partial charge is 0.392 e. The Labute approximate surface area is 208 Å². The Morgan fingerprint density at radius 2 is 2.00 bits per heavy atom. The van der Waals surface area contributed by atoms with Gasteiger partial charge in [-0.2, -0.15) is 0 Å². The molecule has 9 heteroatoms. The van der Waals surface area contributed by atoms with E-state index in [2.05, 4.69) is 42.7 Å². The molecule has 1 unspecified atom stereocenters. The Morgan fingerprint density at radius 3 is 2.83 bits per heavy atom. The highest BCUT2D eigenvalue weighted by molar-refractivity contribution is 5.87. The summed E-state index contributed by atoms with van der Waals surface area (Å²) in [7, 11) is 0. The van der Waals surface area contributed by atoms with Crippen LogP contribution in [0, 0.1) is 17.9 Å². The second-order valence-corrected chi connectivity index (χ2v) is 10.8. The van der Waals surface area contributed by atoms with Crippen molar-refractivity contribution in [2.24, 2.45) is 11.3 Å². The van der Waals surface area contributed by atoms with Crippen LogP contribution < -0.4 is 11.5 Å². The Morgan fingerprint density at radius 1 is 1.14 bits per heavy atom. The molecule has 0 spiro atoms. The molecular weight excluding hydrogens is 454 g/mol. The maximum Gasteiger partial charge on any atom is 0.228 e. The molecule has 2 aliphatic carbocycles. The van der Waals surface area contributed by atoms with Gasteiger partial charge in [0.25, 0.3) is 0 Å². The molecule has 7 rings (SSSR count). The molecule has 3 aliphatic rings. The predicted octanol–water partition coefficient (Wildman–Crippen LogP) is 4.41. The third kappa shape index (κ3) is 2.98. The van der Waals surface area contributed by atoms with Gasteiger partial charge in [0.1, 0.15) is 29.7 Å². The summed E-state index contributed by atoms with van der Waals surface area (Å²) in [6, 6.07) is 10.2. The van der Waals surface area contributed by atoms with Crippen molar-refractivity contribution in [1.29, 1.82) is 0 Å². The van der Waals surface area contributed by atoms with Crippen LogP contribution in [-0.4, -0.2) is 37.5 Å². The lowest BCUT2D eigenvalue weighted by molar-refractivity contribution is -0.161. The molecule has 0 bridgehead atoms. The van der Waals surface area contributed by atoms with E-state index in [4.69, 9.17) is 27.5 Å². The van der Waals surface area contributed by atoms with Crippen molar-refractivity contribution in [3.63, 3.8) is 0 Å². The minimum absolute atomic E-state index is 0.0228. The van der Waals surface area contributed by atoms with E-state index in [-0.39, 0.29) is 29.5 Å². The molecule has 4 heterocycles. The highest BCUT2D eigenvalue weighted by Crippen LogP contribution is 2.73. The van der Waals surface area contributed by atoms with Crippen molar-refractivity contribution < 1.29 is 9.47 Å². The lowest BCUT2D eigenvalue weighted by atomic mass is 9.91. The molecule has 0 amide bonds. The molecule has 4 aromatic rings. The van der Waals surface area contributed by atoms with Crippen molar-refractivity contribution in [1.82, 2.24) is 19.5 Å². The topological polar surface area (TPSA) is 118 Å². The second kappa shape index (κ2) is 7.15. The number of aryl methyl sites for hydroxylation is 1. The van der Waals surface area contributed by atoms with Gasteiger partial charge in [-0.05, 0) is 68.2 Å². The highest BCUT2D eigenvalue weighted by Gasteiger charge is 2.75. The number of pyridine rings is 1. The molecule has 0 radical (unpaired) electrons. The van der Waals surface area contributed by atoms with Crippen LogP contribution in [0.25, 0.3) is 26.8 Å². The lowest BCUT2D eigenvalue weighted by Gasteiger charge is -2.24. The van der Waals surface area contributed by atoms with Gasteiger partial charge in [-0.25, -0.2) is 19.8 Å². The first-order valence-corrected chi connectivity index (χ1v) is 12.3. The average Bonchev–Trinajstić information content (AvgIpc) is 3.10. The Hall–Kier alpha value is -3.74. The first-order chi connectivity index (χ1) is 17.3. The van der Waals surface area contributed by atoms with Crippen LogP contribution in [-0.2, 0) is 15.9 Å². The van der Waals surface area contributed by atoms with Crippen LogP contribution in [0.3, 0.4) is 0 Å². The smallest absolute Gasteiger partial charge is 0.228 e. The minimum atomic E-state index is -0.629. The summed E-state index contributed by atoms with van der Waals surface area (Å²) in [5.41, 5.74) is 15.4. The van der Waals surface area contributed by atoms with E-state index < -0.39 is 5.79 Å². The summed E-state index contributed by atoms with van der Waals surface area (Å²) in [6.45, 7) is 11.3. The van der Waals surface area contributed by atoms with E-state index in [1.54, 1.807) is 6.07 Å². The van der Waals surface area contributed by atoms with Crippen LogP contribution in [0.4, 0.5) is 17.3 Å². The van der Waals surface area contributed by atoms with E-state index in [1.807, 2.05) is 26.0 Å². The number of rotatable bonds is 4. The van der Waals surface area contributed by atoms with E-state index in [1.165, 1.54) is 11.9 Å². The van der Waals surface area contributed by atoms with Crippen molar-refractivity contribution in [3.8, 4) is 0 Å². The molecule has 3 fully saturated rings. The van der Waals surface area contributed by atoms with E-state index in [0.717, 1.165) is 41.2 Å². The SMILES string of the molecule is [C-]#[N+]c1cc2ccc(CCC34C[C@@H]3[C@@H](n3ccc5c(N)ncnc53)[C@@H]3OC(C)(C)O[C@@H]34)cc2nc1N. The molecule has 2 saturated carbocycles. The van der Waals surface area contributed by atoms with E-state index in [0.29, 0.717) is 17.4 Å². The number of anilines is 2. The fourth-order valence-electron chi connectivity index (χ4n) is 6.70. The molecule has 182 valence electrons. The molecule has 1 saturated heterocycles. The molecule has 3 aromatic heterocycles. The van der Waals surface area contributed by atoms with Crippen LogP contribution in [0.5, 0.6) is 0 Å². The van der Waals surface area contributed by atoms with E-state index in [9.17, 15) is 0 Å². The lowest BCUT2D eigenvalue weighted by Crippen LogP contribution is -2.32. The molecule has 4 N–H and O–H groups in total. The first kappa shape index (κ1) is 21.5. The van der Waals surface area contributed by atoms with E-state index >= 15 is 0 Å². The Kier molecular flexibility index (Phi) is 4.28. The molecule has 1 aromatic carbocycles. The van der Waals surface area contributed by atoms with Gasteiger partial charge in [-0.3, -0.25) is 0 Å². The third-order valence-corrected chi connectivity index (χ3v) is 8.37. The number of ether oxygens (including phenoxy) is 2. The normalized spacial score (nSPS) is 29.8. The van der Waals surface area contributed by atoms with Crippen molar-refractivity contribution in [3.05, 3.63) is 59.8 Å². The predicted molar refractivity (Wildman–Crippen MR) is 136 cm³/mol. The molecule has 1 aliphatic heterocycles. The van der Waals surface area contributed by atoms with Gasteiger partial charge in [0.2, 0.25) is 5.69 Å². The zero-order valence-corrected chi connectivity index (χ0v) is 20.2. The van der Waals surface area contributed by atoms with Crippen molar-refractivity contribution >= 4 is 39.3 Å². The van der Waals surface area contributed by atoms with Gasteiger partial charge in [0.15, 0.2) is 5.79 Å². The summed E-state index contributed by atoms with van der Waals surface area (Å²) in [5, 5.41) is 1.80. The summed E-state index contributed by atoms with van der Waals surface area (Å²) in [4.78, 5) is 16.6. The number of nitrogen functional groups attached to an aromatic ring is 2. The summed E-state index contributed by atoms with van der Waals surface area (Å²) < 4.78 is 15.3. The van der Waals surface area contributed by atoms with Gasteiger partial charge in [0.05, 0.1) is 29.6 Å². The van der Waals surface area contributed by atoms with Gasteiger partial charge in [-0.1, -0.05) is 12.1 Å². The number of hydrogen-bond donors (Lipinski definition) is 2. The molecule has 9 nitrogen and oxygen atoms in total. The van der Waals surface area contributed by atoms with Crippen LogP contribution in [0.2, 0.25) is 0 Å². The average molecular weight is 482 g/mol. The number of hydrogen-bond acceptors (Lipinski definition) is 7. The number of nitrogens with zero attached hydrogens (tertiary/aromatic N) is 5. The van der Waals surface area contributed by atoms with Crippen molar-refractivity contribution in [2.45, 2.75) is 57.1 Å². The summed E-state index contributed by atoms with van der Waals surface area (Å²) >= 11 is 0. The quantitative estimate of drug-likeness (QED) is 0.415. The highest BCUT2D eigenvalue weighted by atomic mass is 16.8. The van der Waals surface area contributed by atoms with Crippen molar-refractivity contribution in [2.75, 3.05) is 11.5 Å². The monoisotopic (exact) mass is 481 g/mol. The third-order valence-electron chi connectivity index (χ3n) is 8.37. The summed E-state index contributed by atoms with van der Waals surface area (Å²) in [6.07, 6.45) is 6.55. The Bertz CT molecular complexity index is 1590. The Balaban J connectivity index is 1.20. The van der Waals surface area contributed by atoms with Gasteiger partial charge in [0, 0.05) is 11.6 Å². The maximum absolute atomic E-state index is 7.27. The number of fused-ring (bicyclic) bond motifs is 5. The number of nitrogens with two attached hydrogens (primary N) is 2. The number of benzene rings is 1. The van der Waals surface area contributed by atoms with Crippen LogP contribution >= 0.6 is 0 Å². The second-order valence-electron chi connectivity index (χ2n) is 10.8. The molecular formula is C27H27N7O2. The zero-order valence-electron chi connectivity index (χ0n) is 20.2. The van der Waals surface area contributed by atoms with Gasteiger partial charge < -0.3 is 25.5 Å². The van der Waals surface area contributed by atoms with Crippen LogP contribution in [0.1, 0.15) is 38.3 Å². The molecule has 36 heavy (non-hydrogen) atoms. The zero-order chi connectivity index (χ0) is 24.8. The number of aromatic nitrogens is 4. The van der Waals surface area contributed by atoms with Gasteiger partial charge in [-0.15, -0.1) is 0 Å². The minimum Gasteiger partial charge on any atom is -0.392 e.